The Morgan fingerprint density at radius 2 is 1.62 bits per heavy atom. The molecule has 0 radical (unpaired) electrons. The molecule has 0 saturated carbocycles. The van der Waals surface area contributed by atoms with Crippen LogP contribution in [0, 0.1) is 0 Å². The topological polar surface area (TPSA) is 91.8 Å². The molecule has 3 rings (SSSR count). The SMILES string of the molecule is C=C(C)C(=O)c1cc(N(C)C(=O)/C=C\C=O)ccc1/C=C/c1ccc(N2C(=O)C=CC2=O)cc1. The minimum absolute atomic E-state index is 0.264. The number of nitrogens with zero attached hydrogens (tertiary/aromatic N) is 2. The van der Waals surface area contributed by atoms with Crippen LogP contribution in [-0.2, 0) is 19.2 Å². The second-order valence-electron chi connectivity index (χ2n) is 7.54. The number of Topliss-reactive ketones (excluding diaryl/α,β-unsaturated/α-hetero) is 1. The maximum absolute atomic E-state index is 12.8. The number of likely N-dealkylation sites (N-methyl/N-ethyl adjacent to an activating group) is 1. The number of hydrogen-bond acceptors (Lipinski definition) is 5. The first-order valence-corrected chi connectivity index (χ1v) is 10.3. The summed E-state index contributed by atoms with van der Waals surface area (Å²) in [6.45, 7) is 5.34. The Kier molecular flexibility index (Phi) is 7.28. The lowest BCUT2D eigenvalue weighted by Crippen LogP contribution is -2.29. The summed E-state index contributed by atoms with van der Waals surface area (Å²) in [5.74, 6) is -1.45. The number of benzene rings is 2. The van der Waals surface area contributed by atoms with Gasteiger partial charge in [0.15, 0.2) is 5.78 Å². The van der Waals surface area contributed by atoms with Gasteiger partial charge in [-0.1, -0.05) is 36.9 Å². The molecule has 1 aliphatic heterocycles. The standard InChI is InChI=1S/C27H22N2O5/c1-18(2)27(34)23-17-22(28(3)24(31)5-4-16-30)13-10-20(23)9-6-19-7-11-21(12-8-19)29-25(32)14-15-26(29)33/h4-17H,1H2,2-3H3/b5-4-,9-6+. The molecule has 7 nitrogen and oxygen atoms in total. The van der Waals surface area contributed by atoms with Crippen molar-refractivity contribution in [2.24, 2.45) is 0 Å². The summed E-state index contributed by atoms with van der Waals surface area (Å²) in [7, 11) is 1.55. The van der Waals surface area contributed by atoms with E-state index in [9.17, 15) is 24.0 Å². The van der Waals surface area contributed by atoms with E-state index in [0.29, 0.717) is 34.4 Å². The van der Waals surface area contributed by atoms with Crippen LogP contribution in [0.1, 0.15) is 28.4 Å². The van der Waals surface area contributed by atoms with Gasteiger partial charge in [0, 0.05) is 36.5 Å². The van der Waals surface area contributed by atoms with Crippen LogP contribution in [0.4, 0.5) is 11.4 Å². The zero-order valence-electron chi connectivity index (χ0n) is 18.7. The Labute approximate surface area is 197 Å². The van der Waals surface area contributed by atoms with Crippen molar-refractivity contribution in [1.82, 2.24) is 0 Å². The van der Waals surface area contributed by atoms with Crippen LogP contribution in [0.15, 0.2) is 78.9 Å². The number of allylic oxidation sites excluding steroid dienone is 2. The molecule has 170 valence electrons. The van der Waals surface area contributed by atoms with Gasteiger partial charge in [-0.15, -0.1) is 0 Å². The fourth-order valence-corrected chi connectivity index (χ4v) is 3.26. The molecule has 0 bridgehead atoms. The Morgan fingerprint density at radius 3 is 2.21 bits per heavy atom. The van der Waals surface area contributed by atoms with E-state index in [1.807, 2.05) is 0 Å². The van der Waals surface area contributed by atoms with E-state index in [2.05, 4.69) is 6.58 Å². The van der Waals surface area contributed by atoms with Gasteiger partial charge in [0.2, 0.25) is 0 Å². The zero-order valence-corrected chi connectivity index (χ0v) is 18.7. The number of ketones is 1. The van der Waals surface area contributed by atoms with Crippen molar-refractivity contribution in [3.63, 3.8) is 0 Å². The number of rotatable bonds is 8. The third kappa shape index (κ3) is 5.21. The fourth-order valence-electron chi connectivity index (χ4n) is 3.26. The number of amides is 3. The average Bonchev–Trinajstić information content (AvgIpc) is 3.18. The highest BCUT2D eigenvalue weighted by molar-refractivity contribution is 6.28. The lowest BCUT2D eigenvalue weighted by molar-refractivity contribution is -0.120. The van der Waals surface area contributed by atoms with Gasteiger partial charge in [-0.05, 0) is 54.0 Å². The number of anilines is 2. The third-order valence-electron chi connectivity index (χ3n) is 5.12. The molecule has 0 fully saturated rings. The van der Waals surface area contributed by atoms with E-state index in [4.69, 9.17) is 0 Å². The van der Waals surface area contributed by atoms with Crippen molar-refractivity contribution < 1.29 is 24.0 Å². The average molecular weight is 454 g/mol. The van der Waals surface area contributed by atoms with E-state index in [1.54, 1.807) is 68.6 Å². The molecule has 1 heterocycles. The summed E-state index contributed by atoms with van der Waals surface area (Å²) in [6.07, 6.45) is 8.77. The first-order valence-electron chi connectivity index (χ1n) is 10.3. The molecule has 0 saturated heterocycles. The van der Waals surface area contributed by atoms with E-state index in [-0.39, 0.29) is 17.6 Å². The van der Waals surface area contributed by atoms with E-state index in [0.717, 1.165) is 22.6 Å². The van der Waals surface area contributed by atoms with Gasteiger partial charge in [0.1, 0.15) is 6.29 Å². The van der Waals surface area contributed by atoms with E-state index in [1.165, 1.54) is 17.1 Å². The highest BCUT2D eigenvalue weighted by Crippen LogP contribution is 2.25. The first kappa shape index (κ1) is 24.0. The van der Waals surface area contributed by atoms with Crippen LogP contribution in [0.5, 0.6) is 0 Å². The van der Waals surface area contributed by atoms with Crippen LogP contribution in [0.25, 0.3) is 12.2 Å². The van der Waals surface area contributed by atoms with Crippen LogP contribution >= 0.6 is 0 Å². The van der Waals surface area contributed by atoms with E-state index >= 15 is 0 Å². The van der Waals surface area contributed by atoms with Crippen molar-refractivity contribution in [3.05, 3.63) is 95.6 Å². The maximum atomic E-state index is 12.8. The van der Waals surface area contributed by atoms with Crippen LogP contribution in [0.2, 0.25) is 0 Å². The van der Waals surface area contributed by atoms with Gasteiger partial charge in [-0.2, -0.15) is 0 Å². The quantitative estimate of drug-likeness (QED) is 0.199. The van der Waals surface area contributed by atoms with Crippen molar-refractivity contribution in [3.8, 4) is 0 Å². The van der Waals surface area contributed by atoms with Gasteiger partial charge >= 0.3 is 0 Å². The van der Waals surface area contributed by atoms with Gasteiger partial charge in [0.25, 0.3) is 17.7 Å². The molecule has 0 N–H and O–H groups in total. The second-order valence-corrected chi connectivity index (χ2v) is 7.54. The fraction of sp³-hybridized carbons (Fsp3) is 0.0741. The van der Waals surface area contributed by atoms with Gasteiger partial charge in [-0.25, -0.2) is 4.90 Å². The molecular formula is C27H22N2O5. The number of imide groups is 1. The third-order valence-corrected chi connectivity index (χ3v) is 5.12. The summed E-state index contributed by atoms with van der Waals surface area (Å²) in [6, 6.07) is 11.9. The Balaban J connectivity index is 1.89. The molecule has 3 amide bonds. The predicted octanol–water partition coefficient (Wildman–Crippen LogP) is 3.76. The van der Waals surface area contributed by atoms with Crippen molar-refractivity contribution in [2.45, 2.75) is 6.92 Å². The largest absolute Gasteiger partial charge is 0.312 e. The number of carbonyl (C=O) groups is 5. The normalized spacial score (nSPS) is 13.2. The molecule has 7 heteroatoms. The molecular weight excluding hydrogens is 432 g/mol. The van der Waals surface area contributed by atoms with E-state index < -0.39 is 5.91 Å². The number of carbonyl (C=O) groups excluding carboxylic acids is 5. The summed E-state index contributed by atoms with van der Waals surface area (Å²) >= 11 is 0. The van der Waals surface area contributed by atoms with Crippen molar-refractivity contribution in [2.75, 3.05) is 16.8 Å². The monoisotopic (exact) mass is 454 g/mol. The molecule has 0 aliphatic carbocycles. The van der Waals surface area contributed by atoms with Gasteiger partial charge in [0.05, 0.1) is 5.69 Å². The molecule has 0 unspecified atom stereocenters. The maximum Gasteiger partial charge on any atom is 0.258 e. The smallest absolute Gasteiger partial charge is 0.258 e. The number of hydrogen-bond donors (Lipinski definition) is 0. The number of aldehydes is 1. The Hall–Kier alpha value is -4.65. The van der Waals surface area contributed by atoms with Crippen molar-refractivity contribution in [1.29, 1.82) is 0 Å². The molecule has 0 aromatic heterocycles. The second kappa shape index (κ2) is 10.3. The van der Waals surface area contributed by atoms with Gasteiger partial charge in [-0.3, -0.25) is 24.0 Å². The molecule has 0 spiro atoms. The summed E-state index contributed by atoms with van der Waals surface area (Å²) in [4.78, 5) is 61.5. The lowest BCUT2D eigenvalue weighted by atomic mass is 9.98. The predicted molar refractivity (Wildman–Crippen MR) is 131 cm³/mol. The van der Waals surface area contributed by atoms with Crippen LogP contribution < -0.4 is 9.80 Å². The highest BCUT2D eigenvalue weighted by Gasteiger charge is 2.24. The first-order chi connectivity index (χ1) is 16.2. The summed E-state index contributed by atoms with van der Waals surface area (Å²) < 4.78 is 0. The zero-order chi connectivity index (χ0) is 24.8. The Bertz CT molecular complexity index is 1260. The van der Waals surface area contributed by atoms with Crippen LogP contribution in [0.3, 0.4) is 0 Å². The Morgan fingerprint density at radius 1 is 0.971 bits per heavy atom. The molecule has 34 heavy (non-hydrogen) atoms. The molecule has 2 aromatic rings. The highest BCUT2D eigenvalue weighted by atomic mass is 16.2. The minimum atomic E-state index is -0.408. The van der Waals surface area contributed by atoms with Gasteiger partial charge < -0.3 is 4.90 Å². The summed E-state index contributed by atoms with van der Waals surface area (Å²) in [5, 5.41) is 0. The molecule has 0 atom stereocenters. The molecule has 2 aromatic carbocycles. The van der Waals surface area contributed by atoms with Crippen molar-refractivity contribution >= 4 is 53.3 Å². The minimum Gasteiger partial charge on any atom is -0.312 e. The lowest BCUT2D eigenvalue weighted by Gasteiger charge is -2.17. The summed E-state index contributed by atoms with van der Waals surface area (Å²) in [5.41, 5.74) is 3.09. The van der Waals surface area contributed by atoms with Crippen LogP contribution in [-0.4, -0.2) is 36.8 Å². The molecule has 1 aliphatic rings.